The summed E-state index contributed by atoms with van der Waals surface area (Å²) in [5.74, 6) is 0. The molecule has 0 aromatic rings. The van der Waals surface area contributed by atoms with Crippen molar-refractivity contribution in [2.75, 3.05) is 6.61 Å². The van der Waals surface area contributed by atoms with E-state index >= 15 is 0 Å². The Labute approximate surface area is 102 Å². The summed E-state index contributed by atoms with van der Waals surface area (Å²) < 4.78 is 23.0. The maximum Gasteiger partial charge on any atom is 0.301 e. The molecular formula is C12H26O3S. The van der Waals surface area contributed by atoms with Crippen LogP contribution in [0.3, 0.4) is 0 Å². The van der Waals surface area contributed by atoms with Crippen LogP contribution in [0.25, 0.3) is 0 Å². The smallest absolute Gasteiger partial charge is 0.284 e. The maximum absolute atomic E-state index is 10.1. The van der Waals surface area contributed by atoms with Gasteiger partial charge in [0.15, 0.2) is 0 Å². The summed E-state index contributed by atoms with van der Waals surface area (Å²) >= 11 is -2.08. The predicted octanol–water partition coefficient (Wildman–Crippen LogP) is 4.06. The predicted molar refractivity (Wildman–Crippen MR) is 68.6 cm³/mol. The molecule has 16 heavy (non-hydrogen) atoms. The molecule has 3 nitrogen and oxygen atoms in total. The molecule has 0 aliphatic heterocycles. The molecule has 0 aliphatic rings. The van der Waals surface area contributed by atoms with Crippen LogP contribution in [0.4, 0.5) is 0 Å². The van der Waals surface area contributed by atoms with E-state index in [1.807, 2.05) is 0 Å². The van der Waals surface area contributed by atoms with E-state index < -0.39 is 11.4 Å². The third-order valence-electron chi connectivity index (χ3n) is 2.68. The summed E-state index contributed by atoms with van der Waals surface area (Å²) in [6, 6.07) is 0. The Morgan fingerprint density at radius 3 is 1.75 bits per heavy atom. The SMILES string of the molecule is CCCCCCCCCCCCOS(=O)O. The van der Waals surface area contributed by atoms with Gasteiger partial charge in [-0.25, -0.2) is 0 Å². The zero-order chi connectivity index (χ0) is 12.1. The fourth-order valence-electron chi connectivity index (χ4n) is 1.72. The van der Waals surface area contributed by atoms with Crippen molar-refractivity contribution in [1.29, 1.82) is 0 Å². The molecule has 0 spiro atoms. The van der Waals surface area contributed by atoms with E-state index in [1.165, 1.54) is 51.4 Å². The maximum atomic E-state index is 10.1. The van der Waals surface area contributed by atoms with E-state index in [-0.39, 0.29) is 0 Å². The van der Waals surface area contributed by atoms with Crippen molar-refractivity contribution in [3.05, 3.63) is 0 Å². The first-order chi connectivity index (χ1) is 7.77. The summed E-state index contributed by atoms with van der Waals surface area (Å²) in [7, 11) is 0. The van der Waals surface area contributed by atoms with E-state index in [0.717, 1.165) is 12.8 Å². The summed E-state index contributed by atoms with van der Waals surface area (Å²) in [6.45, 7) is 2.64. The van der Waals surface area contributed by atoms with Gasteiger partial charge in [0.05, 0.1) is 6.61 Å². The lowest BCUT2D eigenvalue weighted by Crippen LogP contribution is -1.97. The van der Waals surface area contributed by atoms with Crippen LogP contribution in [0.5, 0.6) is 0 Å². The van der Waals surface area contributed by atoms with Crippen molar-refractivity contribution in [3.8, 4) is 0 Å². The molecule has 0 fully saturated rings. The lowest BCUT2D eigenvalue weighted by atomic mass is 10.1. The van der Waals surface area contributed by atoms with Crippen LogP contribution in [-0.4, -0.2) is 15.4 Å². The minimum atomic E-state index is -2.08. The van der Waals surface area contributed by atoms with Crippen LogP contribution < -0.4 is 0 Å². The normalized spacial score (nSPS) is 12.9. The van der Waals surface area contributed by atoms with Gasteiger partial charge in [0.1, 0.15) is 0 Å². The number of rotatable bonds is 12. The summed E-state index contributed by atoms with van der Waals surface area (Å²) in [4.78, 5) is 0. The van der Waals surface area contributed by atoms with Gasteiger partial charge in [-0.2, -0.15) is 4.21 Å². The fraction of sp³-hybridized carbons (Fsp3) is 1.00. The standard InChI is InChI=1S/C12H26O3S/c1-2-3-4-5-6-7-8-9-10-11-12-15-16(13)14/h2-12H2,1H3,(H,13,14). The topological polar surface area (TPSA) is 46.5 Å². The van der Waals surface area contributed by atoms with Gasteiger partial charge in [0.2, 0.25) is 0 Å². The van der Waals surface area contributed by atoms with Crippen LogP contribution >= 0.6 is 0 Å². The van der Waals surface area contributed by atoms with Crippen LogP contribution in [-0.2, 0) is 15.5 Å². The second-order valence-electron chi connectivity index (χ2n) is 4.22. The first-order valence-corrected chi connectivity index (χ1v) is 7.54. The highest BCUT2D eigenvalue weighted by Crippen LogP contribution is 2.10. The molecule has 0 aliphatic carbocycles. The van der Waals surface area contributed by atoms with Gasteiger partial charge < -0.3 is 0 Å². The zero-order valence-electron chi connectivity index (χ0n) is 10.5. The molecule has 0 heterocycles. The minimum absolute atomic E-state index is 0.402. The zero-order valence-corrected chi connectivity index (χ0v) is 11.3. The lowest BCUT2D eigenvalue weighted by Gasteiger charge is -2.01. The van der Waals surface area contributed by atoms with Crippen molar-refractivity contribution in [3.63, 3.8) is 0 Å². The molecule has 0 saturated heterocycles. The molecule has 1 unspecified atom stereocenters. The molecule has 0 aromatic carbocycles. The largest absolute Gasteiger partial charge is 0.301 e. The Hall–Kier alpha value is 0.0700. The number of hydrogen-bond acceptors (Lipinski definition) is 2. The van der Waals surface area contributed by atoms with E-state index in [9.17, 15) is 4.21 Å². The molecule has 0 saturated carbocycles. The van der Waals surface area contributed by atoms with Crippen LogP contribution in [0.1, 0.15) is 71.1 Å². The fourth-order valence-corrected chi connectivity index (χ4v) is 1.98. The Morgan fingerprint density at radius 1 is 0.875 bits per heavy atom. The first-order valence-electron chi connectivity index (χ1n) is 6.51. The van der Waals surface area contributed by atoms with Gasteiger partial charge >= 0.3 is 11.4 Å². The van der Waals surface area contributed by atoms with Crippen LogP contribution in [0.2, 0.25) is 0 Å². The lowest BCUT2D eigenvalue weighted by molar-refractivity contribution is 0.296. The Morgan fingerprint density at radius 2 is 1.31 bits per heavy atom. The van der Waals surface area contributed by atoms with Gasteiger partial charge in [-0.3, -0.25) is 8.74 Å². The van der Waals surface area contributed by atoms with Crippen molar-refractivity contribution in [2.45, 2.75) is 71.1 Å². The van der Waals surface area contributed by atoms with E-state index in [0.29, 0.717) is 6.61 Å². The molecule has 0 aromatic heterocycles. The molecule has 0 rings (SSSR count). The van der Waals surface area contributed by atoms with Gasteiger partial charge in [-0.15, -0.1) is 0 Å². The quantitative estimate of drug-likeness (QED) is 0.419. The monoisotopic (exact) mass is 250 g/mol. The van der Waals surface area contributed by atoms with Gasteiger partial charge in [0.25, 0.3) is 0 Å². The molecule has 0 bridgehead atoms. The first kappa shape index (κ1) is 16.1. The second-order valence-corrected chi connectivity index (χ2v) is 4.89. The summed E-state index contributed by atoms with van der Waals surface area (Å²) in [5.41, 5.74) is 0. The van der Waals surface area contributed by atoms with Gasteiger partial charge in [-0.05, 0) is 6.42 Å². The highest BCUT2D eigenvalue weighted by atomic mass is 32.2. The molecule has 0 radical (unpaired) electrons. The molecule has 4 heteroatoms. The van der Waals surface area contributed by atoms with Crippen LogP contribution in [0, 0.1) is 0 Å². The minimum Gasteiger partial charge on any atom is -0.284 e. The van der Waals surface area contributed by atoms with E-state index in [1.54, 1.807) is 0 Å². The Balaban J connectivity index is 2.90. The average molecular weight is 250 g/mol. The van der Waals surface area contributed by atoms with Gasteiger partial charge in [-0.1, -0.05) is 64.7 Å². The number of hydrogen-bond donors (Lipinski definition) is 1. The third-order valence-corrected chi connectivity index (χ3v) is 3.05. The van der Waals surface area contributed by atoms with Crippen molar-refractivity contribution < 1.29 is 12.9 Å². The molecule has 1 atom stereocenters. The molecular weight excluding hydrogens is 224 g/mol. The molecule has 1 N–H and O–H groups in total. The number of unbranched alkanes of at least 4 members (excludes halogenated alkanes) is 9. The average Bonchev–Trinajstić information content (AvgIpc) is 2.25. The highest BCUT2D eigenvalue weighted by molar-refractivity contribution is 7.74. The third kappa shape index (κ3) is 14.1. The highest BCUT2D eigenvalue weighted by Gasteiger charge is 1.94. The summed E-state index contributed by atoms with van der Waals surface area (Å²) in [5, 5.41) is 0. The Bertz CT molecular complexity index is 162. The van der Waals surface area contributed by atoms with Crippen molar-refractivity contribution >= 4 is 11.4 Å². The Kier molecular flexibility index (Phi) is 13.2. The van der Waals surface area contributed by atoms with Crippen molar-refractivity contribution in [2.24, 2.45) is 0 Å². The second kappa shape index (κ2) is 13.1. The van der Waals surface area contributed by atoms with Crippen LogP contribution in [0.15, 0.2) is 0 Å². The summed E-state index contributed by atoms with van der Waals surface area (Å²) in [6.07, 6.45) is 12.6. The molecule has 98 valence electrons. The van der Waals surface area contributed by atoms with E-state index in [4.69, 9.17) is 4.55 Å². The van der Waals surface area contributed by atoms with Crippen molar-refractivity contribution in [1.82, 2.24) is 0 Å². The molecule has 0 amide bonds. The van der Waals surface area contributed by atoms with Gasteiger partial charge in [0, 0.05) is 0 Å². The van der Waals surface area contributed by atoms with E-state index in [2.05, 4.69) is 11.1 Å².